The molecule has 1 heterocycles. The third kappa shape index (κ3) is 4.04. The van der Waals surface area contributed by atoms with E-state index >= 15 is 0 Å². The minimum Gasteiger partial charge on any atom is -0.466 e. The van der Waals surface area contributed by atoms with E-state index in [0.717, 1.165) is 19.5 Å². The summed E-state index contributed by atoms with van der Waals surface area (Å²) in [5, 5.41) is 0. The second kappa shape index (κ2) is 8.11. The standard InChI is InChI=1S/C21H25NO2/c1-2-24-20(23)15-19-13-14-22(16-17-9-5-3-6-10-17)21(19)18-11-7-4-8-12-18/h3-12,19,21H,2,13-16H2,1H3. The van der Waals surface area contributed by atoms with Gasteiger partial charge in [-0.3, -0.25) is 9.69 Å². The lowest BCUT2D eigenvalue weighted by atomic mass is 9.91. The van der Waals surface area contributed by atoms with Crippen molar-refractivity contribution < 1.29 is 9.53 Å². The van der Waals surface area contributed by atoms with Crippen LogP contribution in [-0.4, -0.2) is 24.0 Å². The topological polar surface area (TPSA) is 29.5 Å². The Kier molecular flexibility index (Phi) is 5.65. The van der Waals surface area contributed by atoms with Crippen LogP contribution in [-0.2, 0) is 16.1 Å². The molecule has 0 aromatic heterocycles. The van der Waals surface area contributed by atoms with Gasteiger partial charge in [-0.15, -0.1) is 0 Å². The summed E-state index contributed by atoms with van der Waals surface area (Å²) in [4.78, 5) is 14.5. The van der Waals surface area contributed by atoms with E-state index in [-0.39, 0.29) is 12.0 Å². The van der Waals surface area contributed by atoms with Gasteiger partial charge in [0.15, 0.2) is 0 Å². The summed E-state index contributed by atoms with van der Waals surface area (Å²) in [6.07, 6.45) is 1.53. The average Bonchev–Trinajstić information content (AvgIpc) is 2.99. The van der Waals surface area contributed by atoms with Gasteiger partial charge in [-0.1, -0.05) is 60.7 Å². The highest BCUT2D eigenvalue weighted by molar-refractivity contribution is 5.69. The molecular weight excluding hydrogens is 298 g/mol. The van der Waals surface area contributed by atoms with Crippen LogP contribution in [0.2, 0.25) is 0 Å². The summed E-state index contributed by atoms with van der Waals surface area (Å²) in [6, 6.07) is 21.4. The van der Waals surface area contributed by atoms with Gasteiger partial charge in [0.05, 0.1) is 13.0 Å². The quantitative estimate of drug-likeness (QED) is 0.746. The summed E-state index contributed by atoms with van der Waals surface area (Å²) in [6.45, 7) is 4.25. The highest BCUT2D eigenvalue weighted by Gasteiger charge is 2.36. The van der Waals surface area contributed by atoms with Crippen molar-refractivity contribution in [1.29, 1.82) is 0 Å². The summed E-state index contributed by atoms with van der Waals surface area (Å²) >= 11 is 0. The molecular formula is C21H25NO2. The Labute approximate surface area is 144 Å². The highest BCUT2D eigenvalue weighted by Crippen LogP contribution is 2.40. The molecule has 2 aromatic carbocycles. The molecule has 126 valence electrons. The zero-order valence-corrected chi connectivity index (χ0v) is 14.2. The minimum absolute atomic E-state index is 0.0787. The molecule has 0 bridgehead atoms. The lowest BCUT2D eigenvalue weighted by Gasteiger charge is -2.28. The van der Waals surface area contributed by atoms with Gasteiger partial charge in [-0.25, -0.2) is 0 Å². The zero-order chi connectivity index (χ0) is 16.8. The molecule has 0 radical (unpaired) electrons. The van der Waals surface area contributed by atoms with Crippen molar-refractivity contribution in [2.24, 2.45) is 5.92 Å². The molecule has 0 amide bonds. The SMILES string of the molecule is CCOC(=O)CC1CCN(Cc2ccccc2)C1c1ccccc1. The number of hydrogen-bond donors (Lipinski definition) is 0. The fourth-order valence-electron chi connectivity index (χ4n) is 3.70. The van der Waals surface area contributed by atoms with Gasteiger partial charge in [0.2, 0.25) is 0 Å². The summed E-state index contributed by atoms with van der Waals surface area (Å²) in [7, 11) is 0. The number of rotatable bonds is 6. The molecule has 1 fully saturated rings. The Balaban J connectivity index is 1.79. The van der Waals surface area contributed by atoms with Crippen LogP contribution < -0.4 is 0 Å². The third-order valence-corrected chi connectivity index (χ3v) is 4.73. The van der Waals surface area contributed by atoms with Crippen molar-refractivity contribution in [3.63, 3.8) is 0 Å². The lowest BCUT2D eigenvalue weighted by molar-refractivity contribution is -0.144. The van der Waals surface area contributed by atoms with Crippen molar-refractivity contribution in [3.05, 3.63) is 71.8 Å². The van der Waals surface area contributed by atoms with E-state index in [9.17, 15) is 4.79 Å². The molecule has 3 heteroatoms. The van der Waals surface area contributed by atoms with Crippen LogP contribution in [0.4, 0.5) is 0 Å². The molecule has 2 unspecified atom stereocenters. The zero-order valence-electron chi connectivity index (χ0n) is 14.2. The normalized spacial score (nSPS) is 20.9. The molecule has 0 N–H and O–H groups in total. The first-order valence-electron chi connectivity index (χ1n) is 8.76. The smallest absolute Gasteiger partial charge is 0.306 e. The minimum atomic E-state index is -0.0787. The van der Waals surface area contributed by atoms with Crippen LogP contribution in [0.15, 0.2) is 60.7 Å². The summed E-state index contributed by atoms with van der Waals surface area (Å²) in [5.41, 5.74) is 2.61. The second-order valence-corrected chi connectivity index (χ2v) is 6.37. The number of ether oxygens (including phenoxy) is 1. The summed E-state index contributed by atoms with van der Waals surface area (Å²) < 4.78 is 5.18. The van der Waals surface area contributed by atoms with E-state index in [0.29, 0.717) is 18.9 Å². The van der Waals surface area contributed by atoms with E-state index in [2.05, 4.69) is 53.4 Å². The summed E-state index contributed by atoms with van der Waals surface area (Å²) in [5.74, 6) is 0.236. The van der Waals surface area contributed by atoms with Gasteiger partial charge in [-0.2, -0.15) is 0 Å². The predicted octanol–water partition coefficient (Wildman–Crippen LogP) is 4.20. The first kappa shape index (κ1) is 16.7. The van der Waals surface area contributed by atoms with E-state index in [1.807, 2.05) is 19.1 Å². The number of likely N-dealkylation sites (tertiary alicyclic amines) is 1. The third-order valence-electron chi connectivity index (χ3n) is 4.73. The molecule has 1 saturated heterocycles. The predicted molar refractivity (Wildman–Crippen MR) is 95.4 cm³/mol. The van der Waals surface area contributed by atoms with Crippen molar-refractivity contribution in [1.82, 2.24) is 4.90 Å². The lowest BCUT2D eigenvalue weighted by Crippen LogP contribution is -2.26. The molecule has 2 atom stereocenters. The molecule has 1 aliphatic rings. The largest absolute Gasteiger partial charge is 0.466 e. The Hall–Kier alpha value is -2.13. The molecule has 0 aliphatic carbocycles. The molecule has 1 aliphatic heterocycles. The monoisotopic (exact) mass is 323 g/mol. The molecule has 2 aromatic rings. The number of carbonyl (C=O) groups excluding carboxylic acids is 1. The van der Waals surface area contributed by atoms with Crippen LogP contribution in [0.1, 0.15) is 36.9 Å². The van der Waals surface area contributed by atoms with E-state index in [1.165, 1.54) is 11.1 Å². The second-order valence-electron chi connectivity index (χ2n) is 6.37. The van der Waals surface area contributed by atoms with E-state index in [4.69, 9.17) is 4.74 Å². The Morgan fingerprint density at radius 1 is 1.08 bits per heavy atom. The van der Waals surface area contributed by atoms with Crippen LogP contribution in [0, 0.1) is 5.92 Å². The van der Waals surface area contributed by atoms with Gasteiger partial charge in [-0.05, 0) is 36.9 Å². The fraction of sp³-hybridized carbons (Fsp3) is 0.381. The van der Waals surface area contributed by atoms with Crippen LogP contribution in [0.3, 0.4) is 0 Å². The molecule has 3 nitrogen and oxygen atoms in total. The van der Waals surface area contributed by atoms with Crippen LogP contribution in [0.25, 0.3) is 0 Å². The van der Waals surface area contributed by atoms with Gasteiger partial charge < -0.3 is 4.74 Å². The Bertz CT molecular complexity index is 641. The van der Waals surface area contributed by atoms with Crippen LogP contribution in [0.5, 0.6) is 0 Å². The van der Waals surface area contributed by atoms with Crippen molar-refractivity contribution in [2.45, 2.75) is 32.4 Å². The first-order valence-corrected chi connectivity index (χ1v) is 8.76. The van der Waals surface area contributed by atoms with Crippen molar-refractivity contribution >= 4 is 5.97 Å². The Morgan fingerprint density at radius 3 is 2.42 bits per heavy atom. The number of esters is 1. The average molecular weight is 323 g/mol. The maximum absolute atomic E-state index is 12.0. The maximum atomic E-state index is 12.0. The van der Waals surface area contributed by atoms with Crippen molar-refractivity contribution in [2.75, 3.05) is 13.2 Å². The first-order chi connectivity index (χ1) is 11.8. The molecule has 0 spiro atoms. The van der Waals surface area contributed by atoms with Gasteiger partial charge in [0.25, 0.3) is 0 Å². The van der Waals surface area contributed by atoms with Gasteiger partial charge in [0, 0.05) is 12.6 Å². The maximum Gasteiger partial charge on any atom is 0.306 e. The molecule has 0 saturated carbocycles. The van der Waals surface area contributed by atoms with E-state index < -0.39 is 0 Å². The van der Waals surface area contributed by atoms with Crippen molar-refractivity contribution in [3.8, 4) is 0 Å². The molecule has 24 heavy (non-hydrogen) atoms. The number of benzene rings is 2. The Morgan fingerprint density at radius 2 is 1.75 bits per heavy atom. The number of nitrogens with zero attached hydrogens (tertiary/aromatic N) is 1. The number of carbonyl (C=O) groups is 1. The molecule has 3 rings (SSSR count). The number of hydrogen-bond acceptors (Lipinski definition) is 3. The van der Waals surface area contributed by atoms with Gasteiger partial charge in [0.1, 0.15) is 0 Å². The highest BCUT2D eigenvalue weighted by atomic mass is 16.5. The van der Waals surface area contributed by atoms with E-state index in [1.54, 1.807) is 0 Å². The van der Waals surface area contributed by atoms with Gasteiger partial charge >= 0.3 is 5.97 Å². The van der Waals surface area contributed by atoms with Crippen LogP contribution >= 0.6 is 0 Å². The fourth-order valence-corrected chi connectivity index (χ4v) is 3.70.